The van der Waals surface area contributed by atoms with Crippen LogP contribution in [0.2, 0.25) is 5.02 Å². The molecule has 2 N–H and O–H groups in total. The number of alkyl halides is 3. The number of rotatable bonds is 6. The van der Waals surface area contributed by atoms with E-state index in [2.05, 4.69) is 17.6 Å². The molecule has 0 aromatic heterocycles. The van der Waals surface area contributed by atoms with Gasteiger partial charge in [-0.05, 0) is 31.5 Å². The van der Waals surface area contributed by atoms with Gasteiger partial charge in [-0.2, -0.15) is 13.2 Å². The number of hydrogen-bond acceptors (Lipinski definition) is 1. The van der Waals surface area contributed by atoms with Gasteiger partial charge in [-0.3, -0.25) is 0 Å². The third kappa shape index (κ3) is 6.13. The molecule has 0 saturated carbocycles. The molecule has 0 saturated heterocycles. The standard InChI is InChI=1S/C15H20ClF3N2O/c1-3-4-5-6-10(2)20-14(22)21-13-9-11(15(17,18)19)7-8-12(13)16/h7-10H,3-6H2,1-2H3,(H2,20,21,22)/t10-/m1/s1. The third-order valence-corrected chi connectivity index (χ3v) is 3.49. The highest BCUT2D eigenvalue weighted by Crippen LogP contribution is 2.33. The summed E-state index contributed by atoms with van der Waals surface area (Å²) in [7, 11) is 0. The molecular formula is C15H20ClF3N2O. The number of unbranched alkanes of at least 4 members (excludes halogenated alkanes) is 2. The Balaban J connectivity index is 2.64. The molecule has 7 heteroatoms. The van der Waals surface area contributed by atoms with Crippen molar-refractivity contribution >= 4 is 23.3 Å². The Labute approximate surface area is 133 Å². The number of carbonyl (C=O) groups excluding carboxylic acids is 1. The van der Waals surface area contributed by atoms with E-state index in [1.165, 1.54) is 0 Å². The minimum absolute atomic E-state index is 0.0572. The van der Waals surface area contributed by atoms with Crippen LogP contribution in [0.15, 0.2) is 18.2 Å². The molecule has 0 bridgehead atoms. The molecule has 3 nitrogen and oxygen atoms in total. The molecule has 0 aliphatic rings. The summed E-state index contributed by atoms with van der Waals surface area (Å²) >= 11 is 5.82. The van der Waals surface area contributed by atoms with E-state index < -0.39 is 17.8 Å². The van der Waals surface area contributed by atoms with Crippen molar-refractivity contribution < 1.29 is 18.0 Å². The number of hydrogen-bond donors (Lipinski definition) is 2. The third-order valence-electron chi connectivity index (χ3n) is 3.16. The maximum Gasteiger partial charge on any atom is 0.416 e. The van der Waals surface area contributed by atoms with Crippen LogP contribution in [-0.2, 0) is 6.18 Å². The molecule has 1 aromatic carbocycles. The van der Waals surface area contributed by atoms with Crippen LogP contribution in [0.25, 0.3) is 0 Å². The van der Waals surface area contributed by atoms with Crippen LogP contribution in [0.3, 0.4) is 0 Å². The van der Waals surface area contributed by atoms with Crippen molar-refractivity contribution in [3.05, 3.63) is 28.8 Å². The van der Waals surface area contributed by atoms with E-state index in [-0.39, 0.29) is 16.8 Å². The van der Waals surface area contributed by atoms with Gasteiger partial charge in [-0.1, -0.05) is 37.8 Å². The minimum atomic E-state index is -4.48. The number of benzene rings is 1. The van der Waals surface area contributed by atoms with Crippen molar-refractivity contribution in [2.45, 2.75) is 51.7 Å². The first-order chi connectivity index (χ1) is 10.2. The van der Waals surface area contributed by atoms with Crippen LogP contribution in [0, 0.1) is 0 Å². The smallest absolute Gasteiger partial charge is 0.335 e. The van der Waals surface area contributed by atoms with Gasteiger partial charge < -0.3 is 10.6 Å². The molecule has 1 aromatic rings. The van der Waals surface area contributed by atoms with Crippen LogP contribution in [0.4, 0.5) is 23.7 Å². The van der Waals surface area contributed by atoms with Crippen LogP contribution in [0.5, 0.6) is 0 Å². The summed E-state index contributed by atoms with van der Waals surface area (Å²) < 4.78 is 37.9. The van der Waals surface area contributed by atoms with Gasteiger partial charge in [-0.15, -0.1) is 0 Å². The predicted molar refractivity (Wildman–Crippen MR) is 82.2 cm³/mol. The van der Waals surface area contributed by atoms with Crippen molar-refractivity contribution in [2.75, 3.05) is 5.32 Å². The van der Waals surface area contributed by atoms with E-state index in [0.29, 0.717) is 0 Å². The lowest BCUT2D eigenvalue weighted by Gasteiger charge is -2.16. The Bertz CT molecular complexity index is 506. The largest absolute Gasteiger partial charge is 0.416 e. The molecule has 0 aliphatic carbocycles. The summed E-state index contributed by atoms with van der Waals surface area (Å²) in [5.41, 5.74) is -0.919. The van der Waals surface area contributed by atoms with E-state index in [0.717, 1.165) is 43.9 Å². The molecule has 1 rings (SSSR count). The second-order valence-corrected chi connectivity index (χ2v) is 5.59. The topological polar surface area (TPSA) is 41.1 Å². The SMILES string of the molecule is CCCCC[C@@H](C)NC(=O)Nc1cc(C(F)(F)F)ccc1Cl. The fourth-order valence-corrected chi connectivity index (χ4v) is 2.12. The van der Waals surface area contributed by atoms with Gasteiger partial charge >= 0.3 is 12.2 Å². The number of nitrogens with one attached hydrogen (secondary N) is 2. The summed E-state index contributed by atoms with van der Waals surface area (Å²) in [6, 6.07) is 2.19. The molecule has 0 fully saturated rings. The molecular weight excluding hydrogens is 317 g/mol. The normalized spacial score (nSPS) is 12.8. The Morgan fingerprint density at radius 1 is 1.32 bits per heavy atom. The number of urea groups is 1. The fraction of sp³-hybridized carbons (Fsp3) is 0.533. The van der Waals surface area contributed by atoms with Crippen LogP contribution >= 0.6 is 11.6 Å². The molecule has 0 radical (unpaired) electrons. The molecule has 0 heterocycles. The summed E-state index contributed by atoms with van der Waals surface area (Å²) in [4.78, 5) is 11.8. The Hall–Kier alpha value is -1.43. The maximum atomic E-state index is 12.6. The number of amides is 2. The highest BCUT2D eigenvalue weighted by atomic mass is 35.5. The quantitative estimate of drug-likeness (QED) is 0.666. The van der Waals surface area contributed by atoms with Crippen molar-refractivity contribution in [1.29, 1.82) is 0 Å². The van der Waals surface area contributed by atoms with Crippen LogP contribution < -0.4 is 10.6 Å². The lowest BCUT2D eigenvalue weighted by Crippen LogP contribution is -2.36. The molecule has 0 spiro atoms. The first kappa shape index (κ1) is 18.6. The van der Waals surface area contributed by atoms with Gasteiger partial charge in [0.25, 0.3) is 0 Å². The van der Waals surface area contributed by atoms with E-state index in [1.807, 2.05) is 6.92 Å². The zero-order valence-electron chi connectivity index (χ0n) is 12.6. The Morgan fingerprint density at radius 3 is 2.59 bits per heavy atom. The highest BCUT2D eigenvalue weighted by Gasteiger charge is 2.31. The maximum absolute atomic E-state index is 12.6. The summed E-state index contributed by atoms with van der Waals surface area (Å²) in [6.45, 7) is 3.93. The Morgan fingerprint density at radius 2 is 2.00 bits per heavy atom. The predicted octanol–water partition coefficient (Wildman–Crippen LogP) is 5.45. The second kappa shape index (κ2) is 8.27. The number of anilines is 1. The summed E-state index contributed by atoms with van der Waals surface area (Å²) in [5, 5.41) is 5.10. The average molecular weight is 337 g/mol. The minimum Gasteiger partial charge on any atom is -0.335 e. The van der Waals surface area contributed by atoms with Crippen molar-refractivity contribution in [3.8, 4) is 0 Å². The first-order valence-corrected chi connectivity index (χ1v) is 7.56. The average Bonchev–Trinajstić information content (AvgIpc) is 2.40. The van der Waals surface area contributed by atoms with E-state index >= 15 is 0 Å². The molecule has 22 heavy (non-hydrogen) atoms. The van der Waals surface area contributed by atoms with Gasteiger partial charge in [0.2, 0.25) is 0 Å². The van der Waals surface area contributed by atoms with Crippen molar-refractivity contribution in [1.82, 2.24) is 5.32 Å². The second-order valence-electron chi connectivity index (χ2n) is 5.19. The monoisotopic (exact) mass is 336 g/mol. The molecule has 2 amide bonds. The van der Waals surface area contributed by atoms with Gasteiger partial charge in [0, 0.05) is 6.04 Å². The van der Waals surface area contributed by atoms with Gasteiger partial charge in [0.15, 0.2) is 0 Å². The summed E-state index contributed by atoms with van der Waals surface area (Å²) in [6.07, 6.45) is -0.517. The van der Waals surface area contributed by atoms with Gasteiger partial charge in [0.1, 0.15) is 0 Å². The fourth-order valence-electron chi connectivity index (χ4n) is 1.95. The van der Waals surface area contributed by atoms with Crippen LogP contribution in [-0.4, -0.2) is 12.1 Å². The molecule has 0 unspecified atom stereocenters. The Kier molecular flexibility index (Phi) is 7.00. The van der Waals surface area contributed by atoms with Crippen molar-refractivity contribution in [3.63, 3.8) is 0 Å². The molecule has 124 valence electrons. The van der Waals surface area contributed by atoms with Crippen molar-refractivity contribution in [2.24, 2.45) is 0 Å². The lowest BCUT2D eigenvalue weighted by atomic mass is 10.1. The number of carbonyl (C=O) groups is 1. The zero-order valence-corrected chi connectivity index (χ0v) is 13.3. The van der Waals surface area contributed by atoms with Crippen LogP contribution in [0.1, 0.15) is 45.1 Å². The molecule has 1 atom stereocenters. The van der Waals surface area contributed by atoms with E-state index in [4.69, 9.17) is 11.6 Å². The lowest BCUT2D eigenvalue weighted by molar-refractivity contribution is -0.137. The number of halogens is 4. The highest BCUT2D eigenvalue weighted by molar-refractivity contribution is 6.33. The molecule has 0 aliphatic heterocycles. The summed E-state index contributed by atoms with van der Waals surface area (Å²) in [5.74, 6) is 0. The van der Waals surface area contributed by atoms with E-state index in [9.17, 15) is 18.0 Å². The van der Waals surface area contributed by atoms with Gasteiger partial charge in [0.05, 0.1) is 16.3 Å². The van der Waals surface area contributed by atoms with E-state index in [1.54, 1.807) is 0 Å². The first-order valence-electron chi connectivity index (χ1n) is 7.18. The van der Waals surface area contributed by atoms with Gasteiger partial charge in [-0.25, -0.2) is 4.79 Å². The zero-order chi connectivity index (χ0) is 16.8.